The third-order valence-corrected chi connectivity index (χ3v) is 5.35. The molecule has 2 aromatic rings. The molecule has 0 radical (unpaired) electrons. The SMILES string of the molecule is NC(Cc1ccccc1)C(=O)NC(Cc1ccc(O)cc1)C(=O)NCC(=O)NC(CCC(=O)O)C(=O)O. The molecule has 12 heteroatoms. The van der Waals surface area contributed by atoms with Crippen LogP contribution in [0.1, 0.15) is 24.0 Å². The molecular formula is C25H30N4O8. The monoisotopic (exact) mass is 514 g/mol. The van der Waals surface area contributed by atoms with Gasteiger partial charge in [-0.05, 0) is 36.1 Å². The molecule has 2 aromatic carbocycles. The van der Waals surface area contributed by atoms with Gasteiger partial charge in [0.2, 0.25) is 17.7 Å². The summed E-state index contributed by atoms with van der Waals surface area (Å²) in [6, 6.07) is 11.5. The van der Waals surface area contributed by atoms with Crippen LogP contribution in [0.15, 0.2) is 54.6 Å². The van der Waals surface area contributed by atoms with Crippen molar-refractivity contribution in [2.75, 3.05) is 6.54 Å². The van der Waals surface area contributed by atoms with E-state index in [-0.39, 0.29) is 25.0 Å². The Bertz CT molecular complexity index is 1090. The van der Waals surface area contributed by atoms with Gasteiger partial charge in [-0.15, -0.1) is 0 Å². The molecule has 8 N–H and O–H groups in total. The number of carbonyl (C=O) groups is 5. The first-order valence-corrected chi connectivity index (χ1v) is 11.4. The fourth-order valence-electron chi connectivity index (χ4n) is 3.38. The van der Waals surface area contributed by atoms with Gasteiger partial charge in [0.1, 0.15) is 17.8 Å². The lowest BCUT2D eigenvalue weighted by Gasteiger charge is -2.21. The smallest absolute Gasteiger partial charge is 0.326 e. The first-order chi connectivity index (χ1) is 17.5. The highest BCUT2D eigenvalue weighted by Gasteiger charge is 2.26. The minimum atomic E-state index is -1.44. The zero-order chi connectivity index (χ0) is 27.4. The average Bonchev–Trinajstić information content (AvgIpc) is 2.86. The predicted octanol–water partition coefficient (Wildman–Crippen LogP) is -0.460. The van der Waals surface area contributed by atoms with Crippen molar-refractivity contribution >= 4 is 29.7 Å². The van der Waals surface area contributed by atoms with Gasteiger partial charge in [-0.1, -0.05) is 42.5 Å². The van der Waals surface area contributed by atoms with E-state index in [1.54, 1.807) is 12.1 Å². The highest BCUT2D eigenvalue weighted by atomic mass is 16.4. The third-order valence-electron chi connectivity index (χ3n) is 5.35. The maximum atomic E-state index is 12.9. The molecule has 3 atom stereocenters. The lowest BCUT2D eigenvalue weighted by molar-refractivity contribution is -0.143. The van der Waals surface area contributed by atoms with Gasteiger partial charge in [0.15, 0.2) is 0 Å². The number of carbonyl (C=O) groups excluding carboxylic acids is 3. The lowest BCUT2D eigenvalue weighted by atomic mass is 10.0. The Morgan fingerprint density at radius 3 is 2.00 bits per heavy atom. The number of hydrogen-bond donors (Lipinski definition) is 7. The summed E-state index contributed by atoms with van der Waals surface area (Å²) in [6.45, 7) is -0.603. The van der Waals surface area contributed by atoms with Gasteiger partial charge in [0, 0.05) is 12.8 Å². The van der Waals surface area contributed by atoms with Crippen LogP contribution in [0, 0.1) is 0 Å². The normalized spacial score (nSPS) is 13.0. The Hall–Kier alpha value is -4.45. The first-order valence-electron chi connectivity index (χ1n) is 11.4. The zero-order valence-corrected chi connectivity index (χ0v) is 19.9. The van der Waals surface area contributed by atoms with Crippen molar-refractivity contribution in [2.24, 2.45) is 5.73 Å². The molecule has 0 bridgehead atoms. The standard InChI is InChI=1S/C25H30N4O8/c26-18(12-15-4-2-1-3-5-15)23(34)29-20(13-16-6-8-17(30)9-7-16)24(35)27-14-21(31)28-19(25(36)37)10-11-22(32)33/h1-9,18-20,30H,10-14,26H2,(H,27,35)(H,28,31)(H,29,34)(H,32,33)(H,36,37). The Labute approximate surface area is 212 Å². The number of phenolic OH excluding ortho intramolecular Hbond substituents is 1. The Kier molecular flexibility index (Phi) is 11.0. The van der Waals surface area contributed by atoms with Crippen LogP contribution in [0.2, 0.25) is 0 Å². The second-order valence-electron chi connectivity index (χ2n) is 8.34. The summed E-state index contributed by atoms with van der Waals surface area (Å²) in [5.74, 6) is -4.77. The molecule has 0 saturated carbocycles. The number of rotatable bonds is 14. The quantitative estimate of drug-likeness (QED) is 0.174. The number of nitrogens with two attached hydrogens (primary N) is 1. The molecule has 0 fully saturated rings. The van der Waals surface area contributed by atoms with Gasteiger partial charge in [-0.25, -0.2) is 4.79 Å². The summed E-state index contributed by atoms with van der Waals surface area (Å²) in [5, 5.41) is 34.5. The molecule has 2 rings (SSSR count). The second-order valence-corrected chi connectivity index (χ2v) is 8.34. The molecule has 12 nitrogen and oxygen atoms in total. The van der Waals surface area contributed by atoms with Crippen LogP contribution in [0.25, 0.3) is 0 Å². The van der Waals surface area contributed by atoms with E-state index in [0.717, 1.165) is 5.56 Å². The van der Waals surface area contributed by atoms with E-state index in [1.165, 1.54) is 12.1 Å². The highest BCUT2D eigenvalue weighted by Crippen LogP contribution is 2.12. The molecule has 3 amide bonds. The maximum absolute atomic E-state index is 12.9. The molecule has 0 aliphatic carbocycles. The van der Waals surface area contributed by atoms with Crippen LogP contribution in [-0.2, 0) is 36.8 Å². The Morgan fingerprint density at radius 1 is 0.784 bits per heavy atom. The van der Waals surface area contributed by atoms with Gasteiger partial charge in [-0.3, -0.25) is 19.2 Å². The van der Waals surface area contributed by atoms with E-state index in [1.807, 2.05) is 30.3 Å². The minimum absolute atomic E-state index is 0.0197. The predicted molar refractivity (Wildman–Crippen MR) is 131 cm³/mol. The van der Waals surface area contributed by atoms with Gasteiger partial charge in [-0.2, -0.15) is 0 Å². The van der Waals surface area contributed by atoms with E-state index in [9.17, 15) is 29.1 Å². The van der Waals surface area contributed by atoms with Crippen molar-refractivity contribution in [2.45, 2.75) is 43.8 Å². The number of amides is 3. The van der Waals surface area contributed by atoms with Crippen LogP contribution in [0.5, 0.6) is 5.75 Å². The molecule has 0 heterocycles. The van der Waals surface area contributed by atoms with E-state index in [4.69, 9.17) is 15.9 Å². The average molecular weight is 515 g/mol. The fraction of sp³-hybridized carbons (Fsp3) is 0.320. The second kappa shape index (κ2) is 14.2. The van der Waals surface area contributed by atoms with E-state index in [0.29, 0.717) is 5.56 Å². The summed E-state index contributed by atoms with van der Waals surface area (Å²) in [6.07, 6.45) is -0.541. The van der Waals surface area contributed by atoms with Crippen LogP contribution < -0.4 is 21.7 Å². The van der Waals surface area contributed by atoms with Gasteiger partial charge < -0.3 is 37.0 Å². The van der Waals surface area contributed by atoms with E-state index in [2.05, 4.69) is 16.0 Å². The summed E-state index contributed by atoms with van der Waals surface area (Å²) in [4.78, 5) is 59.8. The summed E-state index contributed by atoms with van der Waals surface area (Å²) in [5.41, 5.74) is 7.47. The minimum Gasteiger partial charge on any atom is -0.508 e. The van der Waals surface area contributed by atoms with Crippen molar-refractivity contribution < 1.29 is 39.3 Å². The number of aliphatic carboxylic acids is 2. The maximum Gasteiger partial charge on any atom is 0.326 e. The van der Waals surface area contributed by atoms with Gasteiger partial charge in [0.25, 0.3) is 0 Å². The number of carboxylic acid groups (broad SMARTS) is 2. The Morgan fingerprint density at radius 2 is 1.41 bits per heavy atom. The molecule has 0 aromatic heterocycles. The number of nitrogens with one attached hydrogen (secondary N) is 3. The van der Waals surface area contributed by atoms with Crippen molar-refractivity contribution in [1.82, 2.24) is 16.0 Å². The molecule has 0 aliphatic rings. The summed E-state index contributed by atoms with van der Waals surface area (Å²) < 4.78 is 0. The molecule has 0 spiro atoms. The molecular weight excluding hydrogens is 484 g/mol. The summed E-state index contributed by atoms with van der Waals surface area (Å²) >= 11 is 0. The molecule has 0 aliphatic heterocycles. The Balaban J connectivity index is 2.03. The van der Waals surface area contributed by atoms with Crippen molar-refractivity contribution in [3.05, 3.63) is 65.7 Å². The van der Waals surface area contributed by atoms with Gasteiger partial charge >= 0.3 is 11.9 Å². The van der Waals surface area contributed by atoms with Crippen molar-refractivity contribution in [3.8, 4) is 5.75 Å². The molecule has 3 unspecified atom stereocenters. The number of phenols is 1. The van der Waals surface area contributed by atoms with Crippen LogP contribution in [-0.4, -0.2) is 69.7 Å². The molecule has 0 saturated heterocycles. The fourth-order valence-corrected chi connectivity index (χ4v) is 3.38. The molecule has 198 valence electrons. The highest BCUT2D eigenvalue weighted by molar-refractivity contribution is 5.92. The number of aromatic hydroxyl groups is 1. The van der Waals surface area contributed by atoms with Crippen LogP contribution in [0.3, 0.4) is 0 Å². The van der Waals surface area contributed by atoms with Crippen LogP contribution >= 0.6 is 0 Å². The number of hydrogen-bond acceptors (Lipinski definition) is 7. The number of carboxylic acids is 2. The topological polar surface area (TPSA) is 208 Å². The van der Waals surface area contributed by atoms with Crippen LogP contribution in [0.4, 0.5) is 0 Å². The van der Waals surface area contributed by atoms with E-state index < -0.39 is 60.8 Å². The summed E-state index contributed by atoms with van der Waals surface area (Å²) in [7, 11) is 0. The number of benzene rings is 2. The third kappa shape index (κ3) is 10.4. The zero-order valence-electron chi connectivity index (χ0n) is 19.9. The van der Waals surface area contributed by atoms with E-state index >= 15 is 0 Å². The van der Waals surface area contributed by atoms with Crippen molar-refractivity contribution in [3.63, 3.8) is 0 Å². The van der Waals surface area contributed by atoms with Crippen molar-refractivity contribution in [1.29, 1.82) is 0 Å². The van der Waals surface area contributed by atoms with Gasteiger partial charge in [0.05, 0.1) is 12.6 Å². The first kappa shape index (κ1) is 28.8. The molecule has 37 heavy (non-hydrogen) atoms. The largest absolute Gasteiger partial charge is 0.508 e. The lowest BCUT2D eigenvalue weighted by Crippen LogP contribution is -2.54.